The molecule has 6 heteroatoms. The average Bonchev–Trinajstić information content (AvgIpc) is 2.34. The minimum absolute atomic E-state index is 0.154. The van der Waals surface area contributed by atoms with Crippen molar-refractivity contribution in [3.05, 3.63) is 30.1 Å². The van der Waals surface area contributed by atoms with E-state index in [0.717, 1.165) is 25.3 Å². The van der Waals surface area contributed by atoms with Gasteiger partial charge in [-0.3, -0.25) is 0 Å². The van der Waals surface area contributed by atoms with Gasteiger partial charge in [-0.05, 0) is 25.0 Å². The van der Waals surface area contributed by atoms with Gasteiger partial charge < -0.3 is 5.11 Å². The van der Waals surface area contributed by atoms with E-state index >= 15 is 0 Å². The Morgan fingerprint density at radius 1 is 1.11 bits per heavy atom. The molecule has 0 bridgehead atoms. The predicted molar refractivity (Wildman–Crippen MR) is 67.1 cm³/mol. The highest BCUT2D eigenvalue weighted by molar-refractivity contribution is 7.89. The summed E-state index contributed by atoms with van der Waals surface area (Å²) < 4.78 is 39.2. The first kappa shape index (κ1) is 15.1. The third kappa shape index (κ3) is 4.72. The number of unbranched alkanes of at least 4 members (excludes halogenated alkanes) is 3. The molecule has 0 atom stereocenters. The second kappa shape index (κ2) is 7.45. The van der Waals surface area contributed by atoms with Gasteiger partial charge in [0.05, 0.1) is 0 Å². The first-order valence-corrected chi connectivity index (χ1v) is 7.41. The molecular weight excluding hydrogens is 257 g/mol. The van der Waals surface area contributed by atoms with Gasteiger partial charge in [-0.15, -0.1) is 0 Å². The van der Waals surface area contributed by atoms with E-state index in [4.69, 9.17) is 5.11 Å². The van der Waals surface area contributed by atoms with Gasteiger partial charge in [0, 0.05) is 13.2 Å². The highest BCUT2D eigenvalue weighted by Crippen LogP contribution is 2.13. The standard InChI is InChI=1S/C12H18FNO3S/c13-11-7-3-4-8-12(11)18(16,17)14-9-5-1-2-6-10-15/h3-4,7-8,14-15H,1-2,5-6,9-10H2. The maximum atomic E-state index is 13.3. The van der Waals surface area contributed by atoms with Crippen LogP contribution >= 0.6 is 0 Å². The Bertz CT molecular complexity index is 462. The number of hydrogen-bond acceptors (Lipinski definition) is 3. The summed E-state index contributed by atoms with van der Waals surface area (Å²) in [6.45, 7) is 0.434. The van der Waals surface area contributed by atoms with Crippen LogP contribution in [0.3, 0.4) is 0 Å². The Kier molecular flexibility index (Phi) is 6.24. The molecule has 1 aromatic rings. The lowest BCUT2D eigenvalue weighted by atomic mass is 10.2. The zero-order chi connectivity index (χ0) is 13.4. The molecule has 0 saturated carbocycles. The molecule has 4 nitrogen and oxygen atoms in total. The third-order valence-corrected chi connectivity index (χ3v) is 4.00. The molecule has 0 aliphatic rings. The van der Waals surface area contributed by atoms with Gasteiger partial charge in [0.1, 0.15) is 10.7 Å². The zero-order valence-electron chi connectivity index (χ0n) is 10.1. The van der Waals surface area contributed by atoms with E-state index in [2.05, 4.69) is 4.72 Å². The van der Waals surface area contributed by atoms with Crippen LogP contribution in [0.1, 0.15) is 25.7 Å². The number of hydrogen-bond donors (Lipinski definition) is 2. The third-order valence-electron chi connectivity index (χ3n) is 2.50. The number of aliphatic hydroxyl groups is 1. The van der Waals surface area contributed by atoms with Crippen LogP contribution in [0, 0.1) is 5.82 Å². The quantitative estimate of drug-likeness (QED) is 0.709. The number of sulfonamides is 1. The highest BCUT2D eigenvalue weighted by Gasteiger charge is 2.17. The number of benzene rings is 1. The Labute approximate surface area is 107 Å². The van der Waals surface area contributed by atoms with Gasteiger partial charge in [-0.25, -0.2) is 17.5 Å². The minimum Gasteiger partial charge on any atom is -0.396 e. The van der Waals surface area contributed by atoms with Crippen LogP contribution in [0.25, 0.3) is 0 Å². The summed E-state index contributed by atoms with van der Waals surface area (Å²) in [6, 6.07) is 5.29. The molecule has 1 rings (SSSR count). The second-order valence-electron chi connectivity index (χ2n) is 3.97. The zero-order valence-corrected chi connectivity index (χ0v) is 10.9. The Morgan fingerprint density at radius 2 is 1.78 bits per heavy atom. The van der Waals surface area contributed by atoms with Crippen LogP contribution in [0.2, 0.25) is 0 Å². The normalized spacial score (nSPS) is 11.7. The highest BCUT2D eigenvalue weighted by atomic mass is 32.2. The molecule has 0 saturated heterocycles. The monoisotopic (exact) mass is 275 g/mol. The number of aliphatic hydroxyl groups excluding tert-OH is 1. The summed E-state index contributed by atoms with van der Waals surface area (Å²) in [5, 5.41) is 8.58. The fraction of sp³-hybridized carbons (Fsp3) is 0.500. The summed E-state index contributed by atoms with van der Waals surface area (Å²) in [7, 11) is -3.76. The van der Waals surface area contributed by atoms with Crippen molar-refractivity contribution in [2.45, 2.75) is 30.6 Å². The SMILES string of the molecule is O=S(=O)(NCCCCCCO)c1ccccc1F. The van der Waals surface area contributed by atoms with E-state index in [9.17, 15) is 12.8 Å². The maximum Gasteiger partial charge on any atom is 0.243 e. The summed E-state index contributed by atoms with van der Waals surface area (Å²) in [5.41, 5.74) is 0. The lowest BCUT2D eigenvalue weighted by Gasteiger charge is -2.07. The molecule has 0 aliphatic carbocycles. The van der Waals surface area contributed by atoms with Gasteiger partial charge in [0.2, 0.25) is 10.0 Å². The summed E-state index contributed by atoms with van der Waals surface area (Å²) in [6.07, 6.45) is 3.09. The van der Waals surface area contributed by atoms with Crippen molar-refractivity contribution in [3.63, 3.8) is 0 Å². The molecule has 1 aromatic carbocycles. The Hall–Kier alpha value is -0.980. The van der Waals surface area contributed by atoms with Crippen LogP contribution in [-0.2, 0) is 10.0 Å². The van der Waals surface area contributed by atoms with Crippen LogP contribution in [0.5, 0.6) is 0 Å². The summed E-state index contributed by atoms with van der Waals surface area (Å²) in [4.78, 5) is -0.319. The fourth-order valence-corrected chi connectivity index (χ4v) is 2.69. The molecular formula is C12H18FNO3S. The molecule has 0 heterocycles. The maximum absolute atomic E-state index is 13.3. The topological polar surface area (TPSA) is 66.4 Å². The first-order valence-electron chi connectivity index (χ1n) is 5.93. The molecule has 2 N–H and O–H groups in total. The van der Waals surface area contributed by atoms with E-state index in [-0.39, 0.29) is 18.0 Å². The summed E-state index contributed by atoms with van der Waals surface area (Å²) in [5.74, 6) is -0.745. The van der Waals surface area contributed by atoms with E-state index in [1.807, 2.05) is 0 Å². The lowest BCUT2D eigenvalue weighted by Crippen LogP contribution is -2.25. The van der Waals surface area contributed by atoms with Gasteiger partial charge in [0.15, 0.2) is 0 Å². The van der Waals surface area contributed by atoms with Crippen molar-refractivity contribution in [1.82, 2.24) is 4.72 Å². The van der Waals surface area contributed by atoms with E-state index in [1.165, 1.54) is 18.2 Å². The van der Waals surface area contributed by atoms with E-state index in [1.54, 1.807) is 0 Å². The number of rotatable bonds is 8. The lowest BCUT2D eigenvalue weighted by molar-refractivity contribution is 0.282. The van der Waals surface area contributed by atoms with Crippen molar-refractivity contribution in [2.24, 2.45) is 0 Å². The van der Waals surface area contributed by atoms with Crippen LogP contribution < -0.4 is 4.72 Å². The molecule has 0 fully saturated rings. The summed E-state index contributed by atoms with van der Waals surface area (Å²) >= 11 is 0. The minimum atomic E-state index is -3.76. The fourth-order valence-electron chi connectivity index (χ4n) is 1.54. The van der Waals surface area contributed by atoms with Crippen molar-refractivity contribution in [1.29, 1.82) is 0 Å². The average molecular weight is 275 g/mol. The molecule has 0 unspecified atom stereocenters. The Balaban J connectivity index is 2.44. The molecule has 0 aliphatic heterocycles. The van der Waals surface area contributed by atoms with Crippen LogP contribution in [-0.4, -0.2) is 26.7 Å². The van der Waals surface area contributed by atoms with Gasteiger partial charge in [-0.1, -0.05) is 25.0 Å². The largest absolute Gasteiger partial charge is 0.396 e. The van der Waals surface area contributed by atoms with Gasteiger partial charge in [-0.2, -0.15) is 0 Å². The van der Waals surface area contributed by atoms with Gasteiger partial charge in [0.25, 0.3) is 0 Å². The van der Waals surface area contributed by atoms with E-state index < -0.39 is 15.8 Å². The number of halogens is 1. The Morgan fingerprint density at radius 3 is 2.44 bits per heavy atom. The van der Waals surface area contributed by atoms with Crippen LogP contribution in [0.4, 0.5) is 4.39 Å². The molecule has 0 spiro atoms. The van der Waals surface area contributed by atoms with Crippen LogP contribution in [0.15, 0.2) is 29.2 Å². The second-order valence-corrected chi connectivity index (χ2v) is 5.70. The van der Waals surface area contributed by atoms with Gasteiger partial charge >= 0.3 is 0 Å². The predicted octanol–water partition coefficient (Wildman–Crippen LogP) is 1.66. The number of nitrogens with one attached hydrogen (secondary N) is 1. The molecule has 0 aromatic heterocycles. The van der Waals surface area contributed by atoms with Crippen molar-refractivity contribution in [3.8, 4) is 0 Å². The molecule has 102 valence electrons. The van der Waals surface area contributed by atoms with E-state index in [0.29, 0.717) is 6.42 Å². The van der Waals surface area contributed by atoms with Crippen molar-refractivity contribution < 1.29 is 17.9 Å². The molecule has 18 heavy (non-hydrogen) atoms. The molecule has 0 radical (unpaired) electrons. The van der Waals surface area contributed by atoms with Crippen molar-refractivity contribution in [2.75, 3.05) is 13.2 Å². The smallest absolute Gasteiger partial charge is 0.243 e. The molecule has 0 amide bonds. The van der Waals surface area contributed by atoms with Crippen molar-refractivity contribution >= 4 is 10.0 Å². The first-order chi connectivity index (χ1) is 8.58.